The summed E-state index contributed by atoms with van der Waals surface area (Å²) in [6, 6.07) is 14.0. The van der Waals surface area contributed by atoms with Crippen molar-refractivity contribution in [1.82, 2.24) is 15.0 Å². The summed E-state index contributed by atoms with van der Waals surface area (Å²) in [4.78, 5) is 16.3. The molecule has 0 radical (unpaired) electrons. The van der Waals surface area contributed by atoms with Gasteiger partial charge in [-0.25, -0.2) is 15.0 Å². The summed E-state index contributed by atoms with van der Waals surface area (Å²) >= 11 is 0. The average molecular weight is 334 g/mol. The van der Waals surface area contributed by atoms with Crippen molar-refractivity contribution in [2.75, 3.05) is 18.0 Å². The van der Waals surface area contributed by atoms with Crippen molar-refractivity contribution in [3.05, 3.63) is 53.9 Å². The molecule has 0 amide bonds. The molecule has 1 aliphatic rings. The third-order valence-electron chi connectivity index (χ3n) is 4.53. The highest BCUT2D eigenvalue weighted by Crippen LogP contribution is 2.20. The molecule has 1 fully saturated rings. The van der Waals surface area contributed by atoms with Crippen molar-refractivity contribution in [2.45, 2.75) is 32.8 Å². The van der Waals surface area contributed by atoms with Crippen LogP contribution < -0.4 is 9.64 Å². The van der Waals surface area contributed by atoms with Gasteiger partial charge in [0.25, 0.3) is 0 Å². The number of pyridine rings is 1. The van der Waals surface area contributed by atoms with E-state index < -0.39 is 0 Å². The number of ether oxygens (including phenoxy) is 1. The number of aromatic nitrogens is 3. The van der Waals surface area contributed by atoms with Gasteiger partial charge in [0, 0.05) is 13.1 Å². The van der Waals surface area contributed by atoms with Gasteiger partial charge >= 0.3 is 0 Å². The Hall–Kier alpha value is -2.69. The van der Waals surface area contributed by atoms with E-state index in [2.05, 4.69) is 27.0 Å². The molecule has 2 aromatic heterocycles. The van der Waals surface area contributed by atoms with Gasteiger partial charge in [0.1, 0.15) is 18.1 Å². The van der Waals surface area contributed by atoms with Gasteiger partial charge in [0.2, 0.25) is 5.88 Å². The van der Waals surface area contributed by atoms with Gasteiger partial charge in [0.15, 0.2) is 0 Å². The van der Waals surface area contributed by atoms with Gasteiger partial charge < -0.3 is 9.64 Å². The summed E-state index contributed by atoms with van der Waals surface area (Å²) in [7, 11) is 0. The van der Waals surface area contributed by atoms with Gasteiger partial charge in [-0.2, -0.15) is 0 Å². The number of piperidine rings is 1. The Morgan fingerprint density at radius 3 is 2.44 bits per heavy atom. The van der Waals surface area contributed by atoms with Crippen molar-refractivity contribution in [1.29, 1.82) is 0 Å². The van der Waals surface area contributed by atoms with Crippen LogP contribution in [0.15, 0.2) is 42.5 Å². The van der Waals surface area contributed by atoms with Crippen molar-refractivity contribution in [2.24, 2.45) is 0 Å². The lowest BCUT2D eigenvalue weighted by molar-refractivity contribution is 0.286. The van der Waals surface area contributed by atoms with Crippen LogP contribution in [0.3, 0.4) is 0 Å². The van der Waals surface area contributed by atoms with Gasteiger partial charge in [-0.3, -0.25) is 0 Å². The van der Waals surface area contributed by atoms with E-state index in [1.54, 1.807) is 0 Å². The van der Waals surface area contributed by atoms with Gasteiger partial charge in [-0.05, 0) is 50.5 Å². The van der Waals surface area contributed by atoms with E-state index in [-0.39, 0.29) is 0 Å². The molecule has 5 heteroatoms. The molecule has 0 atom stereocenters. The number of benzene rings is 1. The Morgan fingerprint density at radius 2 is 1.64 bits per heavy atom. The summed E-state index contributed by atoms with van der Waals surface area (Å²) in [5.41, 5.74) is 3.44. The molecule has 0 saturated carbocycles. The predicted molar refractivity (Wildman–Crippen MR) is 98.9 cm³/mol. The molecule has 1 saturated heterocycles. The molecule has 25 heavy (non-hydrogen) atoms. The smallest absolute Gasteiger partial charge is 0.236 e. The maximum Gasteiger partial charge on any atom is 0.236 e. The number of hydrogen-bond acceptors (Lipinski definition) is 5. The van der Waals surface area contributed by atoms with Gasteiger partial charge in [-0.1, -0.05) is 18.2 Å². The van der Waals surface area contributed by atoms with Crippen LogP contribution in [0.1, 0.15) is 30.7 Å². The number of anilines is 1. The van der Waals surface area contributed by atoms with E-state index in [1.165, 1.54) is 19.3 Å². The van der Waals surface area contributed by atoms with Crippen LogP contribution >= 0.6 is 0 Å². The van der Waals surface area contributed by atoms with E-state index in [0.717, 1.165) is 41.3 Å². The first-order valence-corrected chi connectivity index (χ1v) is 8.87. The molecule has 3 heterocycles. The number of para-hydroxylation sites is 2. The monoisotopic (exact) mass is 334 g/mol. The maximum absolute atomic E-state index is 5.92. The molecule has 1 aromatic carbocycles. The Kier molecular flexibility index (Phi) is 4.46. The van der Waals surface area contributed by atoms with Crippen molar-refractivity contribution < 1.29 is 4.74 Å². The summed E-state index contributed by atoms with van der Waals surface area (Å²) in [5, 5.41) is 0. The fourth-order valence-corrected chi connectivity index (χ4v) is 3.20. The summed E-state index contributed by atoms with van der Waals surface area (Å²) in [5.74, 6) is 1.62. The van der Waals surface area contributed by atoms with Crippen LogP contribution in [0.5, 0.6) is 5.88 Å². The number of rotatable bonds is 4. The third kappa shape index (κ3) is 3.55. The fourth-order valence-electron chi connectivity index (χ4n) is 3.20. The lowest BCUT2D eigenvalue weighted by Crippen LogP contribution is -2.30. The van der Waals surface area contributed by atoms with Gasteiger partial charge in [-0.15, -0.1) is 0 Å². The zero-order valence-corrected chi connectivity index (χ0v) is 14.5. The minimum Gasteiger partial charge on any atom is -0.470 e. The van der Waals surface area contributed by atoms with E-state index in [0.29, 0.717) is 12.5 Å². The Bertz CT molecular complexity index is 874. The number of fused-ring (bicyclic) bond motifs is 1. The molecule has 0 bridgehead atoms. The summed E-state index contributed by atoms with van der Waals surface area (Å²) in [6.45, 7) is 4.50. The molecule has 0 N–H and O–H groups in total. The van der Waals surface area contributed by atoms with E-state index in [9.17, 15) is 0 Å². The summed E-state index contributed by atoms with van der Waals surface area (Å²) in [6.07, 6.45) is 3.81. The lowest BCUT2D eigenvalue weighted by atomic mass is 10.1. The van der Waals surface area contributed by atoms with Crippen molar-refractivity contribution in [3.8, 4) is 5.88 Å². The minimum absolute atomic E-state index is 0.398. The Morgan fingerprint density at radius 1 is 0.880 bits per heavy atom. The largest absolute Gasteiger partial charge is 0.470 e. The highest BCUT2D eigenvalue weighted by Gasteiger charge is 2.13. The molecular weight excluding hydrogens is 312 g/mol. The fraction of sp³-hybridized carbons (Fsp3) is 0.350. The molecule has 0 spiro atoms. The number of aryl methyl sites for hydroxylation is 1. The molecule has 128 valence electrons. The van der Waals surface area contributed by atoms with Crippen molar-refractivity contribution >= 4 is 16.9 Å². The summed E-state index contributed by atoms with van der Waals surface area (Å²) < 4.78 is 5.92. The normalized spacial score (nSPS) is 14.7. The topological polar surface area (TPSA) is 51.1 Å². The second-order valence-corrected chi connectivity index (χ2v) is 6.43. The van der Waals surface area contributed by atoms with Crippen LogP contribution in [0.4, 0.5) is 5.82 Å². The van der Waals surface area contributed by atoms with E-state index in [4.69, 9.17) is 9.72 Å². The predicted octanol–water partition coefficient (Wildman–Crippen LogP) is 3.90. The van der Waals surface area contributed by atoms with Crippen molar-refractivity contribution in [3.63, 3.8) is 0 Å². The van der Waals surface area contributed by atoms with E-state index >= 15 is 0 Å². The van der Waals surface area contributed by atoms with Gasteiger partial charge in [0.05, 0.1) is 16.7 Å². The number of nitrogens with zero attached hydrogens (tertiary/aromatic N) is 4. The highest BCUT2D eigenvalue weighted by atomic mass is 16.5. The quantitative estimate of drug-likeness (QED) is 0.724. The average Bonchev–Trinajstić information content (AvgIpc) is 2.67. The molecule has 5 nitrogen and oxygen atoms in total. The van der Waals surface area contributed by atoms with E-state index in [1.807, 2.05) is 37.3 Å². The zero-order valence-electron chi connectivity index (χ0n) is 14.5. The molecule has 3 aromatic rings. The first-order chi connectivity index (χ1) is 12.3. The van der Waals surface area contributed by atoms with Crippen LogP contribution in [0.2, 0.25) is 0 Å². The SMILES string of the molecule is Cc1nc2ccccc2nc1OCc1cccc(N2CCCCC2)n1. The molecule has 0 unspecified atom stereocenters. The lowest BCUT2D eigenvalue weighted by Gasteiger charge is -2.27. The third-order valence-corrected chi connectivity index (χ3v) is 4.53. The van der Waals surface area contributed by atoms with Crippen LogP contribution in [0, 0.1) is 6.92 Å². The molecule has 0 aliphatic carbocycles. The second-order valence-electron chi connectivity index (χ2n) is 6.43. The first kappa shape index (κ1) is 15.8. The van der Waals surface area contributed by atoms with Crippen LogP contribution in [0.25, 0.3) is 11.0 Å². The Labute approximate surface area is 147 Å². The number of hydrogen-bond donors (Lipinski definition) is 0. The zero-order chi connectivity index (χ0) is 17.1. The molecule has 1 aliphatic heterocycles. The van der Waals surface area contributed by atoms with Crippen LogP contribution in [-0.2, 0) is 6.61 Å². The molecule has 4 rings (SSSR count). The maximum atomic E-state index is 5.92. The first-order valence-electron chi connectivity index (χ1n) is 8.87. The Balaban J connectivity index is 1.50. The second kappa shape index (κ2) is 7.05. The molecular formula is C20H22N4O. The minimum atomic E-state index is 0.398. The van der Waals surface area contributed by atoms with Crippen LogP contribution in [-0.4, -0.2) is 28.0 Å². The standard InChI is InChI=1S/C20H22N4O/c1-15-20(23-18-10-4-3-9-17(18)21-15)25-14-16-8-7-11-19(22-16)24-12-5-2-6-13-24/h3-4,7-11H,2,5-6,12-14H2,1H3. The highest BCUT2D eigenvalue weighted by molar-refractivity contribution is 5.74.